The van der Waals surface area contributed by atoms with E-state index in [4.69, 9.17) is 23.2 Å². The Bertz CT molecular complexity index is 863. The van der Waals surface area contributed by atoms with Crippen LogP contribution in [-0.2, 0) is 4.79 Å². The number of hydrogen-bond donors (Lipinski definition) is 3. The van der Waals surface area contributed by atoms with Crippen molar-refractivity contribution >= 4 is 40.9 Å². The molecule has 0 aliphatic rings. The molecule has 0 aliphatic heterocycles. The Morgan fingerprint density at radius 1 is 1.25 bits per heavy atom. The maximum absolute atomic E-state index is 12.3. The highest BCUT2D eigenvalue weighted by molar-refractivity contribution is 6.32. The monoisotopic (exact) mass is 362 g/mol. The second kappa shape index (κ2) is 7.26. The number of carbonyl (C=O) groups excluding carboxylic acids is 1. The van der Waals surface area contributed by atoms with Crippen molar-refractivity contribution < 1.29 is 15.0 Å². The molecule has 0 aliphatic carbocycles. The minimum absolute atomic E-state index is 0.0929. The van der Waals surface area contributed by atoms with Gasteiger partial charge in [-0.05, 0) is 48.4 Å². The van der Waals surface area contributed by atoms with Crippen LogP contribution < -0.4 is 5.32 Å². The predicted molar refractivity (Wildman–Crippen MR) is 93.2 cm³/mol. The van der Waals surface area contributed by atoms with Crippen LogP contribution in [0.4, 0.5) is 5.69 Å². The van der Waals surface area contributed by atoms with E-state index in [2.05, 4.69) is 5.32 Å². The second-order valence-electron chi connectivity index (χ2n) is 4.91. The van der Waals surface area contributed by atoms with Crippen LogP contribution in [-0.4, -0.2) is 16.1 Å². The zero-order valence-electron chi connectivity index (χ0n) is 12.5. The summed E-state index contributed by atoms with van der Waals surface area (Å²) in [5.41, 5.74) is 1.26. The normalized spacial score (nSPS) is 11.0. The van der Waals surface area contributed by atoms with Crippen molar-refractivity contribution in [3.8, 4) is 17.6 Å². The van der Waals surface area contributed by atoms with E-state index >= 15 is 0 Å². The Kier molecular flexibility index (Phi) is 5.35. The molecule has 7 heteroatoms. The number of amides is 1. The zero-order valence-corrected chi connectivity index (χ0v) is 14.0. The van der Waals surface area contributed by atoms with E-state index in [0.29, 0.717) is 21.8 Å². The lowest BCUT2D eigenvalue weighted by Gasteiger charge is -2.09. The molecule has 0 unspecified atom stereocenters. The van der Waals surface area contributed by atoms with Crippen molar-refractivity contribution in [2.75, 3.05) is 5.32 Å². The Hall–Kier alpha value is -2.68. The number of halogens is 2. The van der Waals surface area contributed by atoms with Crippen LogP contribution >= 0.6 is 23.2 Å². The van der Waals surface area contributed by atoms with E-state index in [-0.39, 0.29) is 10.6 Å². The number of nitrogens with zero attached hydrogens (tertiary/aromatic N) is 1. The van der Waals surface area contributed by atoms with Gasteiger partial charge in [0.1, 0.15) is 11.6 Å². The summed E-state index contributed by atoms with van der Waals surface area (Å²) >= 11 is 11.7. The number of nitrogens with one attached hydrogen (secondary N) is 1. The minimum atomic E-state index is -0.633. The van der Waals surface area contributed by atoms with Gasteiger partial charge in [-0.25, -0.2) is 0 Å². The van der Waals surface area contributed by atoms with Gasteiger partial charge in [-0.2, -0.15) is 5.26 Å². The molecule has 5 nitrogen and oxygen atoms in total. The number of benzene rings is 2. The number of hydrogen-bond acceptors (Lipinski definition) is 4. The molecular weight excluding hydrogens is 351 g/mol. The molecule has 2 aromatic rings. The quantitative estimate of drug-likeness (QED) is 0.432. The molecule has 0 bridgehead atoms. The average molecular weight is 363 g/mol. The Morgan fingerprint density at radius 3 is 2.58 bits per heavy atom. The predicted octanol–water partition coefficient (Wildman–Crippen LogP) is 4.26. The average Bonchev–Trinajstić information content (AvgIpc) is 2.54. The smallest absolute Gasteiger partial charge is 0.266 e. The minimum Gasteiger partial charge on any atom is -0.504 e. The lowest BCUT2D eigenvalue weighted by molar-refractivity contribution is -0.112. The Labute approximate surface area is 148 Å². The van der Waals surface area contributed by atoms with E-state index in [1.165, 1.54) is 18.2 Å². The summed E-state index contributed by atoms with van der Waals surface area (Å²) in [6, 6.07) is 9.34. The molecule has 2 aromatic carbocycles. The summed E-state index contributed by atoms with van der Waals surface area (Å²) in [5.74, 6) is -1.55. The first-order chi connectivity index (χ1) is 11.3. The van der Waals surface area contributed by atoms with Gasteiger partial charge in [0, 0.05) is 10.7 Å². The highest BCUT2D eigenvalue weighted by atomic mass is 35.5. The fourth-order valence-electron chi connectivity index (χ4n) is 1.94. The second-order valence-corrected chi connectivity index (χ2v) is 5.72. The van der Waals surface area contributed by atoms with Gasteiger partial charge in [0.2, 0.25) is 0 Å². The number of aromatic hydroxyl groups is 2. The van der Waals surface area contributed by atoms with E-state index in [9.17, 15) is 20.3 Å². The van der Waals surface area contributed by atoms with Gasteiger partial charge in [-0.3, -0.25) is 4.79 Å². The number of anilines is 1. The maximum Gasteiger partial charge on any atom is 0.266 e. The molecule has 0 saturated heterocycles. The van der Waals surface area contributed by atoms with E-state index in [0.717, 1.165) is 0 Å². The van der Waals surface area contributed by atoms with Crippen LogP contribution in [0.1, 0.15) is 11.1 Å². The van der Waals surface area contributed by atoms with Gasteiger partial charge in [-0.1, -0.05) is 29.3 Å². The van der Waals surface area contributed by atoms with Crippen molar-refractivity contribution in [1.82, 2.24) is 0 Å². The first kappa shape index (κ1) is 17.7. The molecule has 0 spiro atoms. The summed E-state index contributed by atoms with van der Waals surface area (Å²) in [7, 11) is 0. The molecule has 2 rings (SSSR count). The van der Waals surface area contributed by atoms with Gasteiger partial charge in [0.15, 0.2) is 11.5 Å². The van der Waals surface area contributed by atoms with E-state index in [1.54, 1.807) is 31.2 Å². The third-order valence-corrected chi connectivity index (χ3v) is 3.96. The summed E-state index contributed by atoms with van der Waals surface area (Å²) in [6.07, 6.45) is 1.25. The Morgan fingerprint density at radius 2 is 1.96 bits per heavy atom. The number of phenolic OH excluding ortho intramolecular Hbond substituents is 2. The fraction of sp³-hybridized carbons (Fsp3) is 0.0588. The Balaban J connectivity index is 2.33. The SMILES string of the molecule is Cc1c(Cl)cccc1NC(=O)/C(C#N)=C/c1cc(O)c(O)c(Cl)c1. The first-order valence-electron chi connectivity index (χ1n) is 6.73. The number of nitriles is 1. The molecule has 122 valence electrons. The molecule has 0 heterocycles. The molecular formula is C17H12Cl2N2O3. The molecule has 0 fully saturated rings. The molecule has 0 saturated carbocycles. The lowest BCUT2D eigenvalue weighted by Crippen LogP contribution is -2.14. The fourth-order valence-corrected chi connectivity index (χ4v) is 2.33. The number of carbonyl (C=O) groups is 1. The van der Waals surface area contributed by atoms with Crippen molar-refractivity contribution in [3.63, 3.8) is 0 Å². The van der Waals surface area contributed by atoms with Gasteiger partial charge in [0.25, 0.3) is 5.91 Å². The van der Waals surface area contributed by atoms with Crippen LogP contribution in [0, 0.1) is 18.3 Å². The first-order valence-corrected chi connectivity index (χ1v) is 7.48. The van der Waals surface area contributed by atoms with Gasteiger partial charge >= 0.3 is 0 Å². The van der Waals surface area contributed by atoms with Crippen LogP contribution in [0.25, 0.3) is 6.08 Å². The third-order valence-electron chi connectivity index (χ3n) is 3.26. The standard InChI is InChI=1S/C17H12Cl2N2O3/c1-9-12(18)3-2-4-14(9)21-17(24)11(8-20)5-10-6-13(19)16(23)15(22)7-10/h2-7,22-23H,1H3,(H,21,24)/b11-5+. The zero-order chi connectivity index (χ0) is 17.9. The van der Waals surface area contributed by atoms with Crippen molar-refractivity contribution in [2.45, 2.75) is 6.92 Å². The third kappa shape index (κ3) is 3.80. The van der Waals surface area contributed by atoms with Crippen LogP contribution in [0.3, 0.4) is 0 Å². The highest BCUT2D eigenvalue weighted by Crippen LogP contribution is 2.34. The molecule has 0 aromatic heterocycles. The van der Waals surface area contributed by atoms with Gasteiger partial charge < -0.3 is 15.5 Å². The van der Waals surface area contributed by atoms with Crippen molar-refractivity contribution in [2.24, 2.45) is 0 Å². The molecule has 0 atom stereocenters. The summed E-state index contributed by atoms with van der Waals surface area (Å²) < 4.78 is 0. The van der Waals surface area contributed by atoms with Gasteiger partial charge in [-0.15, -0.1) is 0 Å². The molecule has 3 N–H and O–H groups in total. The van der Waals surface area contributed by atoms with Gasteiger partial charge in [0.05, 0.1) is 5.02 Å². The molecule has 0 radical (unpaired) electrons. The van der Waals surface area contributed by atoms with Crippen molar-refractivity contribution in [1.29, 1.82) is 5.26 Å². The largest absolute Gasteiger partial charge is 0.504 e. The molecule has 1 amide bonds. The lowest BCUT2D eigenvalue weighted by atomic mass is 10.1. The van der Waals surface area contributed by atoms with Crippen molar-refractivity contribution in [3.05, 3.63) is 57.1 Å². The maximum atomic E-state index is 12.3. The molecule has 24 heavy (non-hydrogen) atoms. The van der Waals surface area contributed by atoms with Crippen LogP contribution in [0.5, 0.6) is 11.5 Å². The summed E-state index contributed by atoms with van der Waals surface area (Å²) in [6.45, 7) is 1.74. The summed E-state index contributed by atoms with van der Waals surface area (Å²) in [4.78, 5) is 12.3. The highest BCUT2D eigenvalue weighted by Gasteiger charge is 2.13. The van der Waals surface area contributed by atoms with E-state index < -0.39 is 17.4 Å². The number of phenols is 2. The van der Waals surface area contributed by atoms with Crippen LogP contribution in [0.2, 0.25) is 10.0 Å². The number of rotatable bonds is 3. The summed E-state index contributed by atoms with van der Waals surface area (Å²) in [5, 5.41) is 31.2. The van der Waals surface area contributed by atoms with E-state index in [1.807, 2.05) is 0 Å². The van der Waals surface area contributed by atoms with Crippen LogP contribution in [0.15, 0.2) is 35.9 Å². The topological polar surface area (TPSA) is 93.4 Å².